The lowest BCUT2D eigenvalue weighted by atomic mass is 9.61. The maximum Gasteiger partial charge on any atom is 0.278 e. The molecule has 0 unspecified atom stereocenters. The number of aliphatic hydroxyl groups is 1. The lowest BCUT2D eigenvalue weighted by Crippen LogP contribution is -2.52. The Balaban J connectivity index is 1.59. The Kier molecular flexibility index (Phi) is 7.89. The Morgan fingerprint density at radius 3 is 2.35 bits per heavy atom. The summed E-state index contributed by atoms with van der Waals surface area (Å²) in [5.74, 6) is -2.57. The van der Waals surface area contributed by atoms with Gasteiger partial charge in [-0.05, 0) is 71.1 Å². The van der Waals surface area contributed by atoms with Gasteiger partial charge in [0.25, 0.3) is 5.91 Å². The van der Waals surface area contributed by atoms with Crippen LogP contribution in [0.4, 0.5) is 26.1 Å². The zero-order valence-corrected chi connectivity index (χ0v) is 24.3. The number of alkyl halides is 2. The monoisotopic (exact) mass is 580 g/mol. The zero-order valence-electron chi connectivity index (χ0n) is 23.5. The zero-order chi connectivity index (χ0) is 29.6. The largest absolute Gasteiger partial charge is 0.394 e. The molecule has 1 saturated heterocycles. The van der Waals surface area contributed by atoms with Crippen molar-refractivity contribution in [2.75, 3.05) is 35.2 Å². The highest BCUT2D eigenvalue weighted by Gasteiger charge is 2.56. The molecule has 4 N–H and O–H groups in total. The summed E-state index contributed by atoms with van der Waals surface area (Å²) in [5, 5.41) is 15.5. The van der Waals surface area contributed by atoms with E-state index in [0.29, 0.717) is 31.7 Å². The van der Waals surface area contributed by atoms with Crippen LogP contribution >= 0.6 is 0 Å². The fraction of sp³-hybridized carbons (Fsp3) is 0.593. The van der Waals surface area contributed by atoms with Crippen LogP contribution in [0.15, 0.2) is 35.4 Å². The first-order valence-electron chi connectivity index (χ1n) is 13.3. The van der Waals surface area contributed by atoms with Crippen molar-refractivity contribution < 1.29 is 27.1 Å². The lowest BCUT2D eigenvalue weighted by molar-refractivity contribution is -0.168. The van der Waals surface area contributed by atoms with Crippen LogP contribution < -0.4 is 20.3 Å². The number of nitrogens with zero attached hydrogens (tertiary/aromatic N) is 3. The van der Waals surface area contributed by atoms with Gasteiger partial charge >= 0.3 is 0 Å². The number of aromatic nitrogens is 2. The molecule has 1 amide bonds. The van der Waals surface area contributed by atoms with Gasteiger partial charge in [-0.2, -0.15) is 0 Å². The van der Waals surface area contributed by atoms with Gasteiger partial charge in [-0.3, -0.25) is 4.79 Å². The summed E-state index contributed by atoms with van der Waals surface area (Å²) in [7, 11) is -3.83. The van der Waals surface area contributed by atoms with Crippen molar-refractivity contribution >= 4 is 33.3 Å². The number of benzene rings is 1. The molecule has 0 radical (unpaired) electrons. The molecule has 1 saturated carbocycles. The van der Waals surface area contributed by atoms with E-state index in [0.717, 1.165) is 0 Å². The minimum atomic E-state index is -3.83. The van der Waals surface area contributed by atoms with Gasteiger partial charge in [0.05, 0.1) is 23.2 Å². The lowest BCUT2D eigenvalue weighted by Gasteiger charge is -2.52. The quantitative estimate of drug-likeness (QED) is 0.368. The first-order valence-corrected chi connectivity index (χ1v) is 14.7. The number of sulfonamides is 1. The Labute approximate surface area is 234 Å². The molecule has 2 heterocycles. The number of carbonyl (C=O) groups excluding carboxylic acids is 1. The van der Waals surface area contributed by atoms with Crippen LogP contribution in [0.25, 0.3) is 0 Å². The second kappa shape index (κ2) is 10.5. The number of anilines is 3. The molecule has 2 aromatic rings. The molecule has 1 aliphatic carbocycles. The van der Waals surface area contributed by atoms with Crippen LogP contribution in [-0.4, -0.2) is 66.1 Å². The van der Waals surface area contributed by atoms with E-state index < -0.39 is 38.3 Å². The SMILES string of the molecule is CC(C)(C)NS(=O)(=O)c1cccc(NC(=O)c2ncc(NC(C)(C)CO)nc2N2CCC3(CC2)CC(F)(F)C3)c1. The Morgan fingerprint density at radius 1 is 1.12 bits per heavy atom. The predicted octanol–water partition coefficient (Wildman–Crippen LogP) is 4.00. The standard InChI is InChI=1S/C27H38F2N6O4S/c1-24(2,3)34-40(38,39)19-8-6-7-18(13-19)31-23(37)21-22(32-20(14-30-21)33-25(4,5)17-36)35-11-9-26(10-12-35)15-27(28,29)16-26/h6-8,13-14,34,36H,9-12,15-17H2,1-5H3,(H,31,37)(H,32,33). The molecule has 13 heteroatoms. The second-order valence-corrected chi connectivity index (χ2v) is 14.3. The van der Waals surface area contributed by atoms with Crippen LogP contribution in [-0.2, 0) is 10.0 Å². The Bertz CT molecular complexity index is 1360. The number of hydrogen-bond acceptors (Lipinski definition) is 8. The van der Waals surface area contributed by atoms with E-state index in [4.69, 9.17) is 0 Å². The average Bonchev–Trinajstić information content (AvgIpc) is 2.82. The van der Waals surface area contributed by atoms with E-state index in [2.05, 4.69) is 25.3 Å². The topological polar surface area (TPSA) is 137 Å². The smallest absolute Gasteiger partial charge is 0.278 e. The molecule has 2 fully saturated rings. The summed E-state index contributed by atoms with van der Waals surface area (Å²) >= 11 is 0. The number of amides is 1. The molecule has 0 bridgehead atoms. The molecule has 4 rings (SSSR count). The van der Waals surface area contributed by atoms with Gasteiger partial charge in [-0.1, -0.05) is 6.07 Å². The predicted molar refractivity (Wildman–Crippen MR) is 149 cm³/mol. The summed E-state index contributed by atoms with van der Waals surface area (Å²) in [5.41, 5.74) is -1.51. The molecule has 10 nitrogen and oxygen atoms in total. The molecular formula is C27H38F2N6O4S. The van der Waals surface area contributed by atoms with E-state index in [1.807, 2.05) is 4.90 Å². The van der Waals surface area contributed by atoms with Gasteiger partial charge in [-0.15, -0.1) is 0 Å². The van der Waals surface area contributed by atoms with Crippen molar-refractivity contribution in [2.24, 2.45) is 5.41 Å². The van der Waals surface area contributed by atoms with Gasteiger partial charge in [0, 0.05) is 37.2 Å². The molecule has 1 spiro atoms. The van der Waals surface area contributed by atoms with Crippen LogP contribution in [0.2, 0.25) is 0 Å². The van der Waals surface area contributed by atoms with Crippen molar-refractivity contribution in [3.8, 4) is 0 Å². The third-order valence-electron chi connectivity index (χ3n) is 7.06. The number of carbonyl (C=O) groups is 1. The normalized spacial score (nSPS) is 18.8. The third kappa shape index (κ3) is 7.05. The van der Waals surface area contributed by atoms with E-state index in [9.17, 15) is 27.1 Å². The highest BCUT2D eigenvalue weighted by Crippen LogP contribution is 2.57. The van der Waals surface area contributed by atoms with Gasteiger partial charge < -0.3 is 20.6 Å². The number of piperidine rings is 1. The van der Waals surface area contributed by atoms with Gasteiger partial charge in [-0.25, -0.2) is 31.9 Å². The van der Waals surface area contributed by atoms with Gasteiger partial charge in [0.2, 0.25) is 15.9 Å². The summed E-state index contributed by atoms with van der Waals surface area (Å²) < 4.78 is 55.4. The highest BCUT2D eigenvalue weighted by molar-refractivity contribution is 7.89. The fourth-order valence-corrected chi connectivity index (χ4v) is 6.66. The number of halogens is 2. The molecule has 1 aliphatic heterocycles. The van der Waals surface area contributed by atoms with Crippen molar-refractivity contribution in [3.63, 3.8) is 0 Å². The summed E-state index contributed by atoms with van der Waals surface area (Å²) in [6.45, 7) is 9.46. The summed E-state index contributed by atoms with van der Waals surface area (Å²) in [4.78, 5) is 24.3. The van der Waals surface area contributed by atoms with Crippen LogP contribution in [0.3, 0.4) is 0 Å². The van der Waals surface area contributed by atoms with Crippen molar-refractivity contribution in [2.45, 2.75) is 82.2 Å². The van der Waals surface area contributed by atoms with E-state index >= 15 is 0 Å². The van der Waals surface area contributed by atoms with E-state index in [-0.39, 0.29) is 41.5 Å². The number of aliphatic hydroxyl groups excluding tert-OH is 1. The number of nitrogens with one attached hydrogen (secondary N) is 3. The van der Waals surface area contributed by atoms with E-state index in [1.165, 1.54) is 24.4 Å². The highest BCUT2D eigenvalue weighted by atomic mass is 32.2. The first kappa shape index (κ1) is 30.1. The minimum absolute atomic E-state index is 0.00376. The molecular weight excluding hydrogens is 542 g/mol. The van der Waals surface area contributed by atoms with Crippen molar-refractivity contribution in [1.29, 1.82) is 0 Å². The maximum atomic E-state index is 13.6. The number of rotatable bonds is 8. The van der Waals surface area contributed by atoms with Crippen molar-refractivity contribution in [3.05, 3.63) is 36.2 Å². The Hall–Kier alpha value is -2.90. The fourth-order valence-electron chi connectivity index (χ4n) is 5.19. The summed E-state index contributed by atoms with van der Waals surface area (Å²) in [6, 6.07) is 5.90. The van der Waals surface area contributed by atoms with Crippen molar-refractivity contribution in [1.82, 2.24) is 14.7 Å². The second-order valence-electron chi connectivity index (χ2n) is 12.6. The summed E-state index contributed by atoms with van der Waals surface area (Å²) in [6.07, 6.45) is 2.24. The van der Waals surface area contributed by atoms with Gasteiger partial charge in [0.15, 0.2) is 11.5 Å². The molecule has 1 aromatic carbocycles. The molecule has 0 atom stereocenters. The third-order valence-corrected chi connectivity index (χ3v) is 8.82. The minimum Gasteiger partial charge on any atom is -0.394 e. The maximum absolute atomic E-state index is 13.6. The molecule has 1 aromatic heterocycles. The number of hydrogen-bond donors (Lipinski definition) is 4. The molecule has 220 valence electrons. The average molecular weight is 581 g/mol. The van der Waals surface area contributed by atoms with Crippen LogP contribution in [0.5, 0.6) is 0 Å². The Morgan fingerprint density at radius 2 is 1.77 bits per heavy atom. The first-order chi connectivity index (χ1) is 18.4. The van der Waals surface area contributed by atoms with Crippen LogP contribution in [0, 0.1) is 5.41 Å². The van der Waals surface area contributed by atoms with E-state index in [1.54, 1.807) is 40.7 Å². The molecule has 2 aliphatic rings. The van der Waals surface area contributed by atoms with Gasteiger partial charge in [0.1, 0.15) is 5.82 Å². The van der Waals surface area contributed by atoms with Crippen LogP contribution in [0.1, 0.15) is 70.8 Å². The molecule has 40 heavy (non-hydrogen) atoms.